The van der Waals surface area contributed by atoms with Gasteiger partial charge in [0.1, 0.15) is 10.8 Å². The molecule has 2 heterocycles. The molecule has 1 saturated heterocycles. The van der Waals surface area contributed by atoms with Crippen LogP contribution in [-0.2, 0) is 6.54 Å². The van der Waals surface area contributed by atoms with E-state index in [0.29, 0.717) is 12.5 Å². The number of benzene rings is 3. The lowest BCUT2D eigenvalue weighted by molar-refractivity contribution is 0.203. The molecule has 4 heteroatoms. The minimum absolute atomic E-state index is 0.687. The van der Waals surface area contributed by atoms with Crippen LogP contribution in [0.1, 0.15) is 36.9 Å². The molecule has 1 aliphatic heterocycles. The SMILES string of the molecule is CCOc1ccc(-c2cccc(-c3nc(CN4CCC(c5ccccc5)CC4)cs3)c2)cc1. The Kier molecular flexibility index (Phi) is 6.84. The van der Waals surface area contributed by atoms with Crippen molar-refractivity contribution >= 4 is 11.3 Å². The second kappa shape index (κ2) is 10.3. The normalized spacial score (nSPS) is 14.9. The van der Waals surface area contributed by atoms with Gasteiger partial charge in [-0.2, -0.15) is 0 Å². The van der Waals surface area contributed by atoms with Crippen molar-refractivity contribution < 1.29 is 4.74 Å². The van der Waals surface area contributed by atoms with Crippen molar-refractivity contribution in [3.05, 3.63) is 95.5 Å². The zero-order chi connectivity index (χ0) is 22.5. The highest BCUT2D eigenvalue weighted by atomic mass is 32.1. The highest BCUT2D eigenvalue weighted by Crippen LogP contribution is 2.31. The number of thiazole rings is 1. The van der Waals surface area contributed by atoms with E-state index in [9.17, 15) is 0 Å². The van der Waals surface area contributed by atoms with E-state index < -0.39 is 0 Å². The zero-order valence-electron chi connectivity index (χ0n) is 19.1. The summed E-state index contributed by atoms with van der Waals surface area (Å²) >= 11 is 1.74. The molecule has 0 amide bonds. The van der Waals surface area contributed by atoms with E-state index in [2.05, 4.69) is 77.0 Å². The smallest absolute Gasteiger partial charge is 0.123 e. The van der Waals surface area contributed by atoms with Crippen LogP contribution in [-0.4, -0.2) is 29.6 Å². The maximum atomic E-state index is 5.57. The Morgan fingerprint density at radius 1 is 0.879 bits per heavy atom. The minimum atomic E-state index is 0.687. The second-order valence-corrected chi connectivity index (χ2v) is 9.50. The molecule has 3 aromatic carbocycles. The number of piperidine rings is 1. The van der Waals surface area contributed by atoms with Crippen LogP contribution in [0, 0.1) is 0 Å². The molecule has 4 aromatic rings. The van der Waals surface area contributed by atoms with Crippen molar-refractivity contribution in [2.24, 2.45) is 0 Å². The van der Waals surface area contributed by atoms with Crippen molar-refractivity contribution in [2.75, 3.05) is 19.7 Å². The Morgan fingerprint density at radius 2 is 1.64 bits per heavy atom. The average Bonchev–Trinajstić information content (AvgIpc) is 3.34. The molecule has 1 aromatic heterocycles. The molecule has 1 aliphatic rings. The average molecular weight is 455 g/mol. The molecular formula is C29H30N2OS. The summed E-state index contributed by atoms with van der Waals surface area (Å²) in [6.07, 6.45) is 2.45. The number of hydrogen-bond acceptors (Lipinski definition) is 4. The van der Waals surface area contributed by atoms with Gasteiger partial charge in [-0.15, -0.1) is 11.3 Å². The quantitative estimate of drug-likeness (QED) is 0.294. The molecular weight excluding hydrogens is 424 g/mol. The first-order valence-electron chi connectivity index (χ1n) is 11.8. The molecule has 0 unspecified atom stereocenters. The fourth-order valence-corrected chi connectivity index (χ4v) is 5.44. The largest absolute Gasteiger partial charge is 0.494 e. The molecule has 0 aliphatic carbocycles. The van der Waals surface area contributed by atoms with E-state index in [-0.39, 0.29) is 0 Å². The standard InChI is InChI=1S/C29H30N2OS/c1-2-32-28-13-11-23(12-14-28)25-9-6-10-26(19-25)29-30-27(21-33-29)20-31-17-15-24(16-18-31)22-7-4-3-5-8-22/h3-14,19,21,24H,2,15-18,20H2,1H3. The van der Waals surface area contributed by atoms with Gasteiger partial charge in [0.15, 0.2) is 0 Å². The first-order valence-corrected chi connectivity index (χ1v) is 12.7. The fraction of sp³-hybridized carbons (Fsp3) is 0.276. The van der Waals surface area contributed by atoms with Crippen LogP contribution >= 0.6 is 11.3 Å². The Labute approximate surface area is 200 Å². The third-order valence-corrected chi connectivity index (χ3v) is 7.34. The van der Waals surface area contributed by atoms with Gasteiger partial charge < -0.3 is 4.74 Å². The molecule has 1 fully saturated rings. The molecule has 0 spiro atoms. The van der Waals surface area contributed by atoms with Crippen molar-refractivity contribution in [3.8, 4) is 27.4 Å². The van der Waals surface area contributed by atoms with Gasteiger partial charge in [-0.05, 0) is 73.7 Å². The van der Waals surface area contributed by atoms with Crippen LogP contribution in [0.4, 0.5) is 0 Å². The second-order valence-electron chi connectivity index (χ2n) is 8.64. The van der Waals surface area contributed by atoms with Crippen molar-refractivity contribution in [3.63, 3.8) is 0 Å². The maximum absolute atomic E-state index is 5.57. The van der Waals surface area contributed by atoms with Crippen LogP contribution in [0.5, 0.6) is 5.75 Å². The number of likely N-dealkylation sites (tertiary alicyclic amines) is 1. The summed E-state index contributed by atoms with van der Waals surface area (Å²) in [6, 6.07) is 28.0. The van der Waals surface area contributed by atoms with E-state index in [1.807, 2.05) is 19.1 Å². The minimum Gasteiger partial charge on any atom is -0.494 e. The predicted octanol–water partition coefficient (Wildman–Crippen LogP) is 7.26. The first-order chi connectivity index (χ1) is 16.3. The third kappa shape index (κ3) is 5.35. The van der Waals surface area contributed by atoms with E-state index in [4.69, 9.17) is 9.72 Å². The van der Waals surface area contributed by atoms with E-state index in [0.717, 1.165) is 30.4 Å². The van der Waals surface area contributed by atoms with Gasteiger partial charge in [-0.1, -0.05) is 60.7 Å². The summed E-state index contributed by atoms with van der Waals surface area (Å²) in [6.45, 7) is 5.91. The molecule has 0 radical (unpaired) electrons. The number of nitrogens with zero attached hydrogens (tertiary/aromatic N) is 2. The third-order valence-electron chi connectivity index (χ3n) is 6.40. The fourth-order valence-electron chi connectivity index (χ4n) is 4.63. The van der Waals surface area contributed by atoms with Gasteiger partial charge in [-0.25, -0.2) is 4.98 Å². The number of rotatable bonds is 7. The van der Waals surface area contributed by atoms with Crippen LogP contribution in [0.3, 0.4) is 0 Å². The van der Waals surface area contributed by atoms with Crippen molar-refractivity contribution in [1.82, 2.24) is 9.88 Å². The van der Waals surface area contributed by atoms with Gasteiger partial charge in [0.2, 0.25) is 0 Å². The molecule has 0 saturated carbocycles. The summed E-state index contributed by atoms with van der Waals surface area (Å²) in [5.41, 5.74) is 6.24. The molecule has 168 valence electrons. The number of ether oxygens (including phenoxy) is 1. The van der Waals surface area contributed by atoms with Gasteiger partial charge in [-0.3, -0.25) is 4.90 Å². The number of aromatic nitrogens is 1. The molecule has 5 rings (SSSR count). The van der Waals surface area contributed by atoms with Crippen LogP contribution in [0.25, 0.3) is 21.7 Å². The molecule has 0 bridgehead atoms. The number of hydrogen-bond donors (Lipinski definition) is 0. The first kappa shape index (κ1) is 21.9. The highest BCUT2D eigenvalue weighted by Gasteiger charge is 2.21. The Bertz CT molecular complexity index is 1160. The highest BCUT2D eigenvalue weighted by molar-refractivity contribution is 7.13. The van der Waals surface area contributed by atoms with Gasteiger partial charge in [0.05, 0.1) is 12.3 Å². The van der Waals surface area contributed by atoms with Crippen molar-refractivity contribution in [1.29, 1.82) is 0 Å². The van der Waals surface area contributed by atoms with Gasteiger partial charge in [0.25, 0.3) is 0 Å². The molecule has 3 nitrogen and oxygen atoms in total. The summed E-state index contributed by atoms with van der Waals surface area (Å²) < 4.78 is 5.57. The summed E-state index contributed by atoms with van der Waals surface area (Å²) in [5.74, 6) is 1.61. The lowest BCUT2D eigenvalue weighted by Gasteiger charge is -2.31. The van der Waals surface area contributed by atoms with E-state index in [1.165, 1.54) is 40.8 Å². The molecule has 0 atom stereocenters. The van der Waals surface area contributed by atoms with E-state index in [1.54, 1.807) is 11.3 Å². The topological polar surface area (TPSA) is 25.4 Å². The lowest BCUT2D eigenvalue weighted by atomic mass is 9.89. The maximum Gasteiger partial charge on any atom is 0.123 e. The monoisotopic (exact) mass is 454 g/mol. The zero-order valence-corrected chi connectivity index (χ0v) is 19.9. The van der Waals surface area contributed by atoms with Crippen LogP contribution in [0.15, 0.2) is 84.2 Å². The Morgan fingerprint density at radius 3 is 2.39 bits per heavy atom. The molecule has 0 N–H and O–H groups in total. The lowest BCUT2D eigenvalue weighted by Crippen LogP contribution is -2.32. The van der Waals surface area contributed by atoms with E-state index >= 15 is 0 Å². The Balaban J connectivity index is 1.22. The van der Waals surface area contributed by atoms with Gasteiger partial charge >= 0.3 is 0 Å². The predicted molar refractivity (Wildman–Crippen MR) is 138 cm³/mol. The Hall–Kier alpha value is -2.95. The van der Waals surface area contributed by atoms with Crippen LogP contribution in [0.2, 0.25) is 0 Å². The van der Waals surface area contributed by atoms with Crippen molar-refractivity contribution in [2.45, 2.75) is 32.2 Å². The summed E-state index contributed by atoms with van der Waals surface area (Å²) in [5, 5.41) is 3.32. The molecule has 33 heavy (non-hydrogen) atoms. The van der Waals surface area contributed by atoms with Crippen LogP contribution < -0.4 is 4.74 Å². The summed E-state index contributed by atoms with van der Waals surface area (Å²) in [7, 11) is 0. The summed E-state index contributed by atoms with van der Waals surface area (Å²) in [4.78, 5) is 7.53. The van der Waals surface area contributed by atoms with Gasteiger partial charge in [0, 0.05) is 17.5 Å².